The summed E-state index contributed by atoms with van der Waals surface area (Å²) in [5, 5.41) is 8.45. The lowest BCUT2D eigenvalue weighted by Crippen LogP contribution is -2.19. The maximum Gasteiger partial charge on any atom is 0.247 e. The van der Waals surface area contributed by atoms with Gasteiger partial charge in [0.1, 0.15) is 0 Å². The molecule has 3 heterocycles. The quantitative estimate of drug-likeness (QED) is 0.737. The number of pyridine rings is 1. The SMILES string of the molecule is Cc1ccc(CN2CC[C@H](c3nnc(-c4ccncc4)o3)C2)cc1. The minimum absolute atomic E-state index is 0.318. The standard InChI is InChI=1S/C19H20N4O/c1-14-2-4-15(5-3-14)12-23-11-8-17(13-23)19-22-21-18(24-19)16-6-9-20-10-7-16/h2-7,9-10,17H,8,11-13H2,1H3/t17-/m0/s1. The first-order chi connectivity index (χ1) is 11.8. The molecule has 1 fully saturated rings. The van der Waals surface area contributed by atoms with Gasteiger partial charge in [0, 0.05) is 31.0 Å². The monoisotopic (exact) mass is 320 g/mol. The Hall–Kier alpha value is -2.53. The fourth-order valence-electron chi connectivity index (χ4n) is 3.14. The molecule has 0 aliphatic carbocycles. The van der Waals surface area contributed by atoms with Crippen LogP contribution in [0.3, 0.4) is 0 Å². The van der Waals surface area contributed by atoms with Gasteiger partial charge in [-0.25, -0.2) is 0 Å². The Bertz CT molecular complexity index is 798. The third kappa shape index (κ3) is 3.21. The molecule has 0 saturated carbocycles. The van der Waals surface area contributed by atoms with Gasteiger partial charge in [-0.3, -0.25) is 9.88 Å². The van der Waals surface area contributed by atoms with Gasteiger partial charge in [-0.2, -0.15) is 0 Å². The zero-order valence-electron chi connectivity index (χ0n) is 13.7. The largest absolute Gasteiger partial charge is 0.420 e. The third-order valence-corrected chi connectivity index (χ3v) is 4.52. The predicted octanol–water partition coefficient (Wildman–Crippen LogP) is 3.43. The maximum atomic E-state index is 5.89. The summed E-state index contributed by atoms with van der Waals surface area (Å²) in [5.74, 6) is 1.64. The molecule has 1 aliphatic rings. The van der Waals surface area contributed by atoms with Gasteiger partial charge >= 0.3 is 0 Å². The first-order valence-electron chi connectivity index (χ1n) is 8.29. The van der Waals surface area contributed by atoms with E-state index in [9.17, 15) is 0 Å². The van der Waals surface area contributed by atoms with Gasteiger partial charge in [-0.05, 0) is 37.6 Å². The Kier molecular flexibility index (Phi) is 4.09. The van der Waals surface area contributed by atoms with E-state index >= 15 is 0 Å². The molecule has 0 N–H and O–H groups in total. The van der Waals surface area contributed by atoms with Gasteiger partial charge in [0.05, 0.1) is 5.92 Å². The van der Waals surface area contributed by atoms with Crippen LogP contribution >= 0.6 is 0 Å². The Morgan fingerprint density at radius 3 is 2.67 bits per heavy atom. The molecule has 0 bridgehead atoms. The van der Waals surface area contributed by atoms with Crippen molar-refractivity contribution in [1.29, 1.82) is 0 Å². The van der Waals surface area contributed by atoms with Crippen LogP contribution in [0.1, 0.15) is 29.4 Å². The molecule has 1 atom stereocenters. The summed E-state index contributed by atoms with van der Waals surface area (Å²) < 4.78 is 5.89. The second-order valence-corrected chi connectivity index (χ2v) is 6.39. The molecule has 5 nitrogen and oxygen atoms in total. The van der Waals surface area contributed by atoms with Gasteiger partial charge < -0.3 is 4.42 Å². The summed E-state index contributed by atoms with van der Waals surface area (Å²) in [6.07, 6.45) is 4.53. The predicted molar refractivity (Wildman–Crippen MR) is 91.3 cm³/mol. The number of benzene rings is 1. The Balaban J connectivity index is 1.42. The highest BCUT2D eigenvalue weighted by Crippen LogP contribution is 2.29. The van der Waals surface area contributed by atoms with E-state index in [4.69, 9.17) is 4.42 Å². The fourth-order valence-corrected chi connectivity index (χ4v) is 3.14. The summed E-state index contributed by atoms with van der Waals surface area (Å²) in [4.78, 5) is 6.46. The zero-order chi connectivity index (χ0) is 16.4. The number of aryl methyl sites for hydroxylation is 1. The summed E-state index contributed by atoms with van der Waals surface area (Å²) in [6, 6.07) is 12.5. The summed E-state index contributed by atoms with van der Waals surface area (Å²) in [7, 11) is 0. The van der Waals surface area contributed by atoms with E-state index in [1.165, 1.54) is 11.1 Å². The zero-order valence-corrected chi connectivity index (χ0v) is 13.7. The number of hydrogen-bond acceptors (Lipinski definition) is 5. The molecule has 5 heteroatoms. The van der Waals surface area contributed by atoms with E-state index in [0.717, 1.165) is 37.5 Å². The highest BCUT2D eigenvalue weighted by Gasteiger charge is 2.28. The number of nitrogens with zero attached hydrogens (tertiary/aromatic N) is 4. The highest BCUT2D eigenvalue weighted by molar-refractivity contribution is 5.50. The first kappa shape index (κ1) is 15.0. The molecule has 0 amide bonds. The lowest BCUT2D eigenvalue weighted by molar-refractivity contribution is 0.320. The molecule has 0 unspecified atom stereocenters. The summed E-state index contributed by atoms with van der Waals surface area (Å²) >= 11 is 0. The smallest absolute Gasteiger partial charge is 0.247 e. The van der Waals surface area contributed by atoms with Gasteiger partial charge in [0.2, 0.25) is 11.8 Å². The van der Waals surface area contributed by atoms with Crippen molar-refractivity contribution in [1.82, 2.24) is 20.1 Å². The molecule has 1 saturated heterocycles. The minimum atomic E-state index is 0.318. The van der Waals surface area contributed by atoms with Gasteiger partial charge in [0.15, 0.2) is 0 Å². The van der Waals surface area contributed by atoms with Crippen LogP contribution in [0.5, 0.6) is 0 Å². The van der Waals surface area contributed by atoms with Gasteiger partial charge in [-0.1, -0.05) is 29.8 Å². The van der Waals surface area contributed by atoms with Crippen LogP contribution in [0.4, 0.5) is 0 Å². The van der Waals surface area contributed by atoms with E-state index < -0.39 is 0 Å². The van der Waals surface area contributed by atoms with E-state index in [1.807, 2.05) is 12.1 Å². The molecular weight excluding hydrogens is 300 g/mol. The number of likely N-dealkylation sites (tertiary alicyclic amines) is 1. The van der Waals surface area contributed by atoms with Crippen LogP contribution in [-0.2, 0) is 6.54 Å². The Morgan fingerprint density at radius 1 is 1.08 bits per heavy atom. The van der Waals surface area contributed by atoms with Crippen LogP contribution in [0.25, 0.3) is 11.5 Å². The molecule has 3 aromatic rings. The lowest BCUT2D eigenvalue weighted by atomic mass is 10.1. The lowest BCUT2D eigenvalue weighted by Gasteiger charge is -2.15. The number of aromatic nitrogens is 3. The average molecular weight is 320 g/mol. The summed E-state index contributed by atoms with van der Waals surface area (Å²) in [5.41, 5.74) is 3.56. The first-order valence-corrected chi connectivity index (χ1v) is 8.29. The van der Waals surface area contributed by atoms with Crippen molar-refractivity contribution < 1.29 is 4.42 Å². The maximum absolute atomic E-state index is 5.89. The summed E-state index contributed by atoms with van der Waals surface area (Å²) in [6.45, 7) is 5.12. The van der Waals surface area contributed by atoms with Gasteiger partial charge in [0.25, 0.3) is 0 Å². The van der Waals surface area contributed by atoms with E-state index in [1.54, 1.807) is 12.4 Å². The normalized spacial score (nSPS) is 18.1. The second kappa shape index (κ2) is 6.53. The Morgan fingerprint density at radius 2 is 1.88 bits per heavy atom. The van der Waals surface area contributed by atoms with Crippen molar-refractivity contribution in [3.8, 4) is 11.5 Å². The fraction of sp³-hybridized carbons (Fsp3) is 0.316. The van der Waals surface area contributed by atoms with E-state index in [2.05, 4.69) is 51.3 Å². The molecule has 24 heavy (non-hydrogen) atoms. The third-order valence-electron chi connectivity index (χ3n) is 4.52. The molecule has 0 radical (unpaired) electrons. The van der Waals surface area contributed by atoms with Crippen LogP contribution < -0.4 is 0 Å². The van der Waals surface area contributed by atoms with Crippen molar-refractivity contribution >= 4 is 0 Å². The van der Waals surface area contributed by atoms with Crippen molar-refractivity contribution in [2.45, 2.75) is 25.8 Å². The average Bonchev–Trinajstić information content (AvgIpc) is 3.27. The molecule has 122 valence electrons. The van der Waals surface area contributed by atoms with Crippen LogP contribution in [0.2, 0.25) is 0 Å². The minimum Gasteiger partial charge on any atom is -0.420 e. The molecule has 1 aliphatic heterocycles. The molecule has 0 spiro atoms. The van der Waals surface area contributed by atoms with Crippen molar-refractivity contribution in [3.05, 3.63) is 65.8 Å². The highest BCUT2D eigenvalue weighted by atomic mass is 16.4. The number of rotatable bonds is 4. The van der Waals surface area contributed by atoms with E-state index in [0.29, 0.717) is 11.8 Å². The second-order valence-electron chi connectivity index (χ2n) is 6.39. The molecular formula is C19H20N4O. The molecule has 4 rings (SSSR count). The van der Waals surface area contributed by atoms with Crippen LogP contribution in [-0.4, -0.2) is 33.2 Å². The Labute approximate surface area is 141 Å². The van der Waals surface area contributed by atoms with Crippen molar-refractivity contribution in [2.75, 3.05) is 13.1 Å². The topological polar surface area (TPSA) is 55.1 Å². The van der Waals surface area contributed by atoms with Crippen LogP contribution in [0, 0.1) is 6.92 Å². The van der Waals surface area contributed by atoms with Crippen molar-refractivity contribution in [3.63, 3.8) is 0 Å². The van der Waals surface area contributed by atoms with Crippen LogP contribution in [0.15, 0.2) is 53.2 Å². The molecule has 1 aromatic carbocycles. The molecule has 2 aromatic heterocycles. The number of hydrogen-bond donors (Lipinski definition) is 0. The van der Waals surface area contributed by atoms with Gasteiger partial charge in [-0.15, -0.1) is 10.2 Å². The van der Waals surface area contributed by atoms with E-state index in [-0.39, 0.29) is 0 Å². The van der Waals surface area contributed by atoms with Crippen molar-refractivity contribution in [2.24, 2.45) is 0 Å².